The van der Waals surface area contributed by atoms with E-state index in [0.717, 1.165) is 39.0 Å². The molecule has 1 amide bonds. The average molecular weight is 290 g/mol. The molecule has 1 aliphatic heterocycles. The fraction of sp³-hybridized carbons (Fsp3) is 0.750. The molecule has 2 fully saturated rings. The molecule has 0 spiro atoms. The van der Waals surface area contributed by atoms with Gasteiger partial charge in [0.2, 0.25) is 5.91 Å². The van der Waals surface area contributed by atoms with E-state index < -0.39 is 0 Å². The van der Waals surface area contributed by atoms with Crippen LogP contribution >= 0.6 is 0 Å². The Morgan fingerprint density at radius 2 is 2.10 bits per heavy atom. The van der Waals surface area contributed by atoms with Gasteiger partial charge >= 0.3 is 0 Å². The third-order valence-corrected chi connectivity index (χ3v) is 5.05. The van der Waals surface area contributed by atoms with E-state index >= 15 is 0 Å². The first-order chi connectivity index (χ1) is 10.2. The lowest BCUT2D eigenvalue weighted by atomic mass is 9.84. The number of hydrogen-bond donors (Lipinski definition) is 1. The summed E-state index contributed by atoms with van der Waals surface area (Å²) in [6.07, 6.45) is 9.59. The molecule has 0 atom stereocenters. The van der Waals surface area contributed by atoms with Crippen molar-refractivity contribution in [2.45, 2.75) is 38.6 Å². The van der Waals surface area contributed by atoms with Crippen LogP contribution in [0.3, 0.4) is 0 Å². The maximum atomic E-state index is 11.9. The molecule has 1 saturated heterocycles. The number of rotatable bonds is 5. The molecule has 3 rings (SSSR count). The topological polar surface area (TPSA) is 50.2 Å². The summed E-state index contributed by atoms with van der Waals surface area (Å²) in [5.74, 6) is 1.25. The number of nitrogens with zero attached hydrogens (tertiary/aromatic N) is 3. The van der Waals surface area contributed by atoms with E-state index in [9.17, 15) is 4.79 Å². The molecule has 1 N–H and O–H groups in total. The van der Waals surface area contributed by atoms with Gasteiger partial charge in [0.15, 0.2) is 0 Å². The Morgan fingerprint density at radius 3 is 2.67 bits per heavy atom. The average Bonchev–Trinajstić information content (AvgIpc) is 2.82. The third-order valence-electron chi connectivity index (χ3n) is 5.05. The van der Waals surface area contributed by atoms with E-state index in [0.29, 0.717) is 17.7 Å². The number of hydrogen-bond acceptors (Lipinski definition) is 3. The normalized spacial score (nSPS) is 21.2. The Bertz CT molecular complexity index is 472. The number of nitrogens with one attached hydrogen (secondary N) is 1. The van der Waals surface area contributed by atoms with Gasteiger partial charge in [-0.05, 0) is 44.7 Å². The largest absolute Gasteiger partial charge is 0.356 e. The first-order valence-corrected chi connectivity index (χ1v) is 8.17. The molecule has 2 aliphatic rings. The lowest BCUT2D eigenvalue weighted by Crippen LogP contribution is -2.41. The molecule has 5 heteroatoms. The molecule has 21 heavy (non-hydrogen) atoms. The lowest BCUT2D eigenvalue weighted by Gasteiger charge is -2.32. The smallest absolute Gasteiger partial charge is 0.223 e. The van der Waals surface area contributed by atoms with E-state index in [1.54, 1.807) is 0 Å². The van der Waals surface area contributed by atoms with Gasteiger partial charge in [0, 0.05) is 32.3 Å². The Labute approximate surface area is 126 Å². The van der Waals surface area contributed by atoms with E-state index in [1.807, 2.05) is 19.6 Å². The van der Waals surface area contributed by atoms with Crippen LogP contribution in [0.2, 0.25) is 0 Å². The number of carbonyl (C=O) groups is 1. The fourth-order valence-electron chi connectivity index (χ4n) is 3.17. The second-order valence-corrected chi connectivity index (χ2v) is 6.59. The first kappa shape index (κ1) is 14.6. The number of aromatic nitrogens is 2. The van der Waals surface area contributed by atoms with Crippen molar-refractivity contribution in [2.24, 2.45) is 18.9 Å². The highest BCUT2D eigenvalue weighted by atomic mass is 16.1. The highest BCUT2D eigenvalue weighted by Crippen LogP contribution is 2.26. The SMILES string of the molecule is Cn1cncc1CN1CCC(CNC(=O)C2CCC2)CC1. The molecule has 1 aromatic rings. The van der Waals surface area contributed by atoms with Crippen LogP contribution in [-0.4, -0.2) is 40.0 Å². The van der Waals surface area contributed by atoms with E-state index in [4.69, 9.17) is 0 Å². The second-order valence-electron chi connectivity index (χ2n) is 6.59. The molecule has 0 bridgehead atoms. The number of imidazole rings is 1. The number of aryl methyl sites for hydroxylation is 1. The quantitative estimate of drug-likeness (QED) is 0.895. The Balaban J connectivity index is 1.36. The molecule has 0 radical (unpaired) electrons. The van der Waals surface area contributed by atoms with Crippen LogP contribution in [0.25, 0.3) is 0 Å². The van der Waals surface area contributed by atoms with Gasteiger partial charge < -0.3 is 9.88 Å². The van der Waals surface area contributed by atoms with E-state index in [2.05, 4.69) is 19.8 Å². The Morgan fingerprint density at radius 1 is 1.33 bits per heavy atom. The van der Waals surface area contributed by atoms with Gasteiger partial charge in [0.05, 0.1) is 12.0 Å². The van der Waals surface area contributed by atoms with Crippen molar-refractivity contribution < 1.29 is 4.79 Å². The molecule has 1 saturated carbocycles. The van der Waals surface area contributed by atoms with Crippen LogP contribution in [0, 0.1) is 11.8 Å². The zero-order valence-corrected chi connectivity index (χ0v) is 12.9. The van der Waals surface area contributed by atoms with Crippen LogP contribution in [0.4, 0.5) is 0 Å². The molecule has 2 heterocycles. The van der Waals surface area contributed by atoms with Crippen molar-refractivity contribution in [3.63, 3.8) is 0 Å². The second kappa shape index (κ2) is 6.60. The van der Waals surface area contributed by atoms with Gasteiger partial charge in [-0.15, -0.1) is 0 Å². The van der Waals surface area contributed by atoms with Crippen LogP contribution in [0.5, 0.6) is 0 Å². The molecular formula is C16H26N4O. The van der Waals surface area contributed by atoms with Crippen molar-refractivity contribution in [1.82, 2.24) is 19.8 Å². The summed E-state index contributed by atoms with van der Waals surface area (Å²) in [5, 5.41) is 3.15. The minimum absolute atomic E-state index is 0.290. The van der Waals surface area contributed by atoms with Crippen molar-refractivity contribution in [3.8, 4) is 0 Å². The van der Waals surface area contributed by atoms with Gasteiger partial charge in [0.1, 0.15) is 0 Å². The fourth-order valence-corrected chi connectivity index (χ4v) is 3.17. The summed E-state index contributed by atoms with van der Waals surface area (Å²) in [7, 11) is 2.05. The first-order valence-electron chi connectivity index (χ1n) is 8.17. The predicted molar refractivity (Wildman–Crippen MR) is 81.6 cm³/mol. The standard InChI is InChI=1S/C16H26N4O/c1-19-12-17-10-15(19)11-20-7-5-13(6-8-20)9-18-16(21)14-3-2-4-14/h10,12-14H,2-9,11H2,1H3,(H,18,21). The number of carbonyl (C=O) groups excluding carboxylic acids is 1. The molecular weight excluding hydrogens is 264 g/mol. The van der Waals surface area contributed by atoms with Crippen molar-refractivity contribution in [3.05, 3.63) is 18.2 Å². The summed E-state index contributed by atoms with van der Waals surface area (Å²) in [5.41, 5.74) is 1.27. The zero-order valence-electron chi connectivity index (χ0n) is 12.9. The Kier molecular flexibility index (Phi) is 4.58. The van der Waals surface area contributed by atoms with Gasteiger partial charge in [0.25, 0.3) is 0 Å². The minimum atomic E-state index is 0.290. The monoisotopic (exact) mass is 290 g/mol. The van der Waals surface area contributed by atoms with Crippen LogP contribution in [-0.2, 0) is 18.4 Å². The van der Waals surface area contributed by atoms with Crippen LogP contribution in [0.1, 0.15) is 37.8 Å². The summed E-state index contributed by atoms with van der Waals surface area (Å²) in [6.45, 7) is 4.09. The highest BCUT2D eigenvalue weighted by Gasteiger charge is 2.26. The maximum Gasteiger partial charge on any atom is 0.223 e. The van der Waals surface area contributed by atoms with Gasteiger partial charge in [-0.25, -0.2) is 4.98 Å². The van der Waals surface area contributed by atoms with Crippen molar-refractivity contribution >= 4 is 5.91 Å². The molecule has 1 aliphatic carbocycles. The summed E-state index contributed by atoms with van der Waals surface area (Å²) in [6, 6.07) is 0. The lowest BCUT2D eigenvalue weighted by molar-refractivity contribution is -0.127. The summed E-state index contributed by atoms with van der Waals surface area (Å²) >= 11 is 0. The number of piperidine rings is 1. The number of amides is 1. The Hall–Kier alpha value is -1.36. The van der Waals surface area contributed by atoms with Gasteiger partial charge in [-0.3, -0.25) is 9.69 Å². The molecule has 1 aromatic heterocycles. The van der Waals surface area contributed by atoms with Crippen molar-refractivity contribution in [2.75, 3.05) is 19.6 Å². The molecule has 116 valence electrons. The summed E-state index contributed by atoms with van der Waals surface area (Å²) in [4.78, 5) is 18.5. The van der Waals surface area contributed by atoms with Crippen LogP contribution in [0.15, 0.2) is 12.5 Å². The number of likely N-dealkylation sites (tertiary alicyclic amines) is 1. The zero-order chi connectivity index (χ0) is 14.7. The maximum absolute atomic E-state index is 11.9. The molecule has 0 unspecified atom stereocenters. The third kappa shape index (κ3) is 3.64. The van der Waals surface area contributed by atoms with E-state index in [-0.39, 0.29) is 0 Å². The van der Waals surface area contributed by atoms with E-state index in [1.165, 1.54) is 25.0 Å². The van der Waals surface area contributed by atoms with Crippen LogP contribution < -0.4 is 5.32 Å². The minimum Gasteiger partial charge on any atom is -0.356 e. The summed E-state index contributed by atoms with van der Waals surface area (Å²) < 4.78 is 2.09. The highest BCUT2D eigenvalue weighted by molar-refractivity contribution is 5.79. The molecule has 0 aromatic carbocycles. The van der Waals surface area contributed by atoms with Crippen molar-refractivity contribution in [1.29, 1.82) is 0 Å². The van der Waals surface area contributed by atoms with Gasteiger partial charge in [-0.2, -0.15) is 0 Å². The van der Waals surface area contributed by atoms with Gasteiger partial charge in [-0.1, -0.05) is 6.42 Å². The predicted octanol–water partition coefficient (Wildman–Crippen LogP) is 1.55. The molecule has 5 nitrogen and oxygen atoms in total.